The second-order valence-electron chi connectivity index (χ2n) is 17.0. The molecule has 260 valence electrons. The predicted molar refractivity (Wildman–Crippen MR) is 228 cm³/mol. The van der Waals surface area contributed by atoms with Gasteiger partial charge in [-0.1, -0.05) is 126 Å². The van der Waals surface area contributed by atoms with E-state index >= 15 is 0 Å². The zero-order valence-corrected chi connectivity index (χ0v) is 31.7. The molecule has 3 nitrogen and oxygen atoms in total. The fraction of sp³-hybridized carbons (Fsp3) is 0.160. The predicted octanol–water partition coefficient (Wildman–Crippen LogP) is 12.2. The van der Waals surface area contributed by atoms with Crippen molar-refractivity contribution in [3.8, 4) is 22.3 Å². The normalized spacial score (nSPS) is 14.9. The Kier molecular flexibility index (Phi) is 6.30. The van der Waals surface area contributed by atoms with E-state index in [1.807, 2.05) is 0 Å². The molecule has 3 aliphatic rings. The van der Waals surface area contributed by atoms with E-state index in [0.29, 0.717) is 0 Å². The van der Waals surface area contributed by atoms with Gasteiger partial charge in [-0.25, -0.2) is 0 Å². The molecule has 54 heavy (non-hydrogen) atoms. The lowest BCUT2D eigenvalue weighted by Gasteiger charge is -2.50. The Labute approximate surface area is 317 Å². The minimum atomic E-state index is -0.188. The zero-order valence-electron chi connectivity index (χ0n) is 31.7. The van der Waals surface area contributed by atoms with Crippen LogP contribution in [0.2, 0.25) is 0 Å². The fourth-order valence-electron chi connectivity index (χ4n) is 9.85. The van der Waals surface area contributed by atoms with Gasteiger partial charge < -0.3 is 14.1 Å². The van der Waals surface area contributed by atoms with Crippen molar-refractivity contribution < 1.29 is 4.42 Å². The number of aryl methyl sites for hydroxylation is 1. The maximum atomic E-state index is 6.63. The summed E-state index contributed by atoms with van der Waals surface area (Å²) in [6.07, 6.45) is 0. The van der Waals surface area contributed by atoms with Gasteiger partial charge in [0.1, 0.15) is 11.2 Å². The largest absolute Gasteiger partial charge is 0.456 e. The highest BCUT2D eigenvalue weighted by Gasteiger charge is 2.50. The molecule has 0 unspecified atom stereocenters. The first-order valence-electron chi connectivity index (χ1n) is 19.2. The minimum absolute atomic E-state index is 0.0426. The molecule has 4 heterocycles. The van der Waals surface area contributed by atoms with E-state index in [9.17, 15) is 0 Å². The number of furan rings is 1. The molecule has 8 aromatic rings. The van der Waals surface area contributed by atoms with E-state index in [4.69, 9.17) is 4.42 Å². The molecule has 0 bridgehead atoms. The Hall–Kier alpha value is -6.00. The molecule has 7 aromatic carbocycles. The van der Waals surface area contributed by atoms with E-state index < -0.39 is 0 Å². The van der Waals surface area contributed by atoms with Gasteiger partial charge in [-0.15, -0.1) is 0 Å². The van der Waals surface area contributed by atoms with Crippen molar-refractivity contribution in [2.75, 3.05) is 9.71 Å². The number of benzene rings is 7. The number of hydrogen-bond acceptors (Lipinski definition) is 3. The van der Waals surface area contributed by atoms with E-state index in [-0.39, 0.29) is 17.7 Å². The molecule has 0 spiro atoms. The lowest BCUT2D eigenvalue weighted by atomic mass is 9.42. The second kappa shape index (κ2) is 10.8. The van der Waals surface area contributed by atoms with Gasteiger partial charge in [0.25, 0.3) is 0 Å². The van der Waals surface area contributed by atoms with Crippen LogP contribution in [0.25, 0.3) is 44.2 Å². The lowest BCUT2D eigenvalue weighted by Crippen LogP contribution is -2.62. The van der Waals surface area contributed by atoms with Crippen LogP contribution in [0.3, 0.4) is 0 Å². The van der Waals surface area contributed by atoms with Gasteiger partial charge in [0.15, 0.2) is 0 Å². The highest BCUT2D eigenvalue weighted by molar-refractivity contribution is 6.94. The second-order valence-corrected chi connectivity index (χ2v) is 17.0. The molecule has 0 fully saturated rings. The molecule has 11 rings (SSSR count). The van der Waals surface area contributed by atoms with Crippen LogP contribution < -0.4 is 20.6 Å². The van der Waals surface area contributed by atoms with Gasteiger partial charge in [-0.2, -0.15) is 0 Å². The number of anilines is 5. The molecule has 0 atom stereocenters. The maximum absolute atomic E-state index is 6.63. The van der Waals surface area contributed by atoms with Crippen molar-refractivity contribution in [2.45, 2.75) is 52.4 Å². The smallest absolute Gasteiger partial charge is 0.333 e. The summed E-state index contributed by atoms with van der Waals surface area (Å²) in [4.78, 5) is 5.24. The molecule has 0 amide bonds. The van der Waals surface area contributed by atoms with Gasteiger partial charge in [0.2, 0.25) is 0 Å². The molecule has 0 aliphatic carbocycles. The Morgan fingerprint density at radius 3 is 2.17 bits per heavy atom. The third kappa shape index (κ3) is 4.14. The molecular weight excluding hydrogens is 655 g/mol. The zero-order chi connectivity index (χ0) is 36.7. The van der Waals surface area contributed by atoms with Crippen LogP contribution in [0.1, 0.15) is 56.9 Å². The number of nitrogens with zero attached hydrogens (tertiary/aromatic N) is 2. The maximum Gasteiger partial charge on any atom is 0.333 e. The van der Waals surface area contributed by atoms with Crippen LogP contribution in [0.5, 0.6) is 0 Å². The topological polar surface area (TPSA) is 19.6 Å². The van der Waals surface area contributed by atoms with Crippen LogP contribution in [0.15, 0.2) is 144 Å². The van der Waals surface area contributed by atoms with Crippen LogP contribution in [0.4, 0.5) is 28.4 Å². The van der Waals surface area contributed by atoms with Crippen molar-refractivity contribution in [2.24, 2.45) is 0 Å². The Balaban J connectivity index is 1.33. The number of fused-ring (bicyclic) bond motifs is 10. The summed E-state index contributed by atoms with van der Waals surface area (Å²) in [6.45, 7) is 13.8. The average Bonchev–Trinajstić information content (AvgIpc) is 3.56. The van der Waals surface area contributed by atoms with Crippen LogP contribution in [0, 0.1) is 6.92 Å². The SMILES string of the molecule is Cc1ccccc1-c1cc2c3c(c1)N1c4ccccc4C(C)(C)c4cccc(c41)B3N(c1ccc(C(C)(C)C)cc1)c1c-2ccc2oc3ccccc3c12. The lowest BCUT2D eigenvalue weighted by molar-refractivity contribution is 0.590. The van der Waals surface area contributed by atoms with Crippen LogP contribution in [-0.4, -0.2) is 6.85 Å². The quantitative estimate of drug-likeness (QED) is 0.168. The van der Waals surface area contributed by atoms with Gasteiger partial charge in [0.05, 0.1) is 11.1 Å². The number of para-hydroxylation sites is 3. The highest BCUT2D eigenvalue weighted by atomic mass is 16.3. The molecule has 0 N–H and O–H groups in total. The molecule has 0 saturated heterocycles. The third-order valence-corrected chi connectivity index (χ3v) is 12.5. The summed E-state index contributed by atoms with van der Waals surface area (Å²) in [5, 5.41) is 2.30. The summed E-state index contributed by atoms with van der Waals surface area (Å²) >= 11 is 0. The first kappa shape index (κ1) is 31.5. The van der Waals surface area contributed by atoms with Gasteiger partial charge in [-0.3, -0.25) is 0 Å². The monoisotopic (exact) mass is 696 g/mol. The van der Waals surface area contributed by atoms with Gasteiger partial charge in [-0.05, 0) is 111 Å². The standard InChI is InChI=1S/C50H41BN2O/c1-30-14-7-8-15-34(30)31-28-37-35-26-27-44-45(36-16-9-12-21-43(36)54-44)47(35)53(33-24-22-32(23-25-33)49(2,3)4)51-40-19-13-18-39-48(40)52(42(29-31)46(37)51)41-20-11-10-17-38(41)50(39,5)6/h7-29H,1-6H3. The molecule has 0 radical (unpaired) electrons. The van der Waals surface area contributed by atoms with Gasteiger partial charge >= 0.3 is 6.85 Å². The molecule has 4 heteroatoms. The van der Waals surface area contributed by atoms with E-state index in [2.05, 4.69) is 191 Å². The van der Waals surface area contributed by atoms with E-state index in [0.717, 1.165) is 21.9 Å². The van der Waals surface area contributed by atoms with Crippen molar-refractivity contribution in [1.82, 2.24) is 0 Å². The summed E-state index contributed by atoms with van der Waals surface area (Å²) < 4.78 is 6.63. The molecule has 0 saturated carbocycles. The molecular formula is C50H41BN2O. The summed E-state index contributed by atoms with van der Waals surface area (Å²) in [7, 11) is 0. The van der Waals surface area contributed by atoms with E-state index in [1.54, 1.807) is 0 Å². The molecule has 3 aliphatic heterocycles. The fourth-order valence-corrected chi connectivity index (χ4v) is 9.85. The molecule has 1 aromatic heterocycles. The van der Waals surface area contributed by atoms with Crippen molar-refractivity contribution in [3.63, 3.8) is 0 Å². The number of rotatable bonds is 2. The van der Waals surface area contributed by atoms with Crippen molar-refractivity contribution in [1.29, 1.82) is 0 Å². The number of hydrogen-bond donors (Lipinski definition) is 0. The van der Waals surface area contributed by atoms with E-state index in [1.165, 1.54) is 83.9 Å². The average molecular weight is 697 g/mol. The first-order valence-corrected chi connectivity index (χ1v) is 19.2. The van der Waals surface area contributed by atoms with Crippen LogP contribution in [-0.2, 0) is 10.8 Å². The van der Waals surface area contributed by atoms with Crippen molar-refractivity contribution in [3.05, 3.63) is 162 Å². The summed E-state index contributed by atoms with van der Waals surface area (Å²) in [6, 6.07) is 52.2. The van der Waals surface area contributed by atoms with Crippen molar-refractivity contribution >= 4 is 68.1 Å². The third-order valence-electron chi connectivity index (χ3n) is 12.5. The summed E-state index contributed by atoms with van der Waals surface area (Å²) in [5.74, 6) is 0. The summed E-state index contributed by atoms with van der Waals surface area (Å²) in [5.41, 5.74) is 20.8. The van der Waals surface area contributed by atoms with Gasteiger partial charge in [0, 0.05) is 39.1 Å². The minimum Gasteiger partial charge on any atom is -0.456 e. The highest BCUT2D eigenvalue weighted by Crippen LogP contribution is 2.56. The Morgan fingerprint density at radius 1 is 0.611 bits per heavy atom. The first-order chi connectivity index (χ1) is 26.1. The Morgan fingerprint density at radius 2 is 1.35 bits per heavy atom. The van der Waals surface area contributed by atoms with Crippen LogP contribution >= 0.6 is 0 Å². The Bertz CT molecular complexity index is 2870.